The van der Waals surface area contributed by atoms with Crippen molar-refractivity contribution in [3.63, 3.8) is 0 Å². The third kappa shape index (κ3) is 6.23. The minimum atomic E-state index is -0.244. The van der Waals surface area contributed by atoms with Crippen molar-refractivity contribution < 1.29 is 14.4 Å². The number of carbonyl (C=O) groups excluding carboxylic acids is 3. The van der Waals surface area contributed by atoms with E-state index in [4.69, 9.17) is 0 Å². The van der Waals surface area contributed by atoms with Crippen molar-refractivity contribution in [3.8, 4) is 0 Å². The lowest BCUT2D eigenvalue weighted by Crippen LogP contribution is -2.42. The Morgan fingerprint density at radius 3 is 2.40 bits per heavy atom. The highest BCUT2D eigenvalue weighted by molar-refractivity contribution is 9.10. The van der Waals surface area contributed by atoms with Gasteiger partial charge in [0.1, 0.15) is 0 Å². The number of amides is 3. The molecule has 1 N–H and O–H groups in total. The van der Waals surface area contributed by atoms with Gasteiger partial charge in [0.05, 0.1) is 11.3 Å². The Balaban J connectivity index is 1.63. The van der Waals surface area contributed by atoms with Crippen molar-refractivity contribution in [3.05, 3.63) is 28.2 Å². The minimum absolute atomic E-state index is 0.0221. The molecule has 3 rings (SSSR count). The Morgan fingerprint density at radius 2 is 1.73 bits per heavy atom. The summed E-state index contributed by atoms with van der Waals surface area (Å²) in [6.45, 7) is 7.29. The number of hydrogen-bond acceptors (Lipinski definition) is 4. The first kappa shape index (κ1) is 23.1. The van der Waals surface area contributed by atoms with Gasteiger partial charge in [-0.05, 0) is 36.5 Å². The molecule has 0 bridgehead atoms. The Morgan fingerprint density at radius 1 is 1.07 bits per heavy atom. The third-order valence-electron chi connectivity index (χ3n) is 5.57. The fourth-order valence-corrected chi connectivity index (χ4v) is 5.47. The van der Waals surface area contributed by atoms with E-state index in [1.54, 1.807) is 12.1 Å². The molecule has 1 aromatic carbocycles. The van der Waals surface area contributed by atoms with Gasteiger partial charge in [-0.2, -0.15) is 11.8 Å². The van der Waals surface area contributed by atoms with Crippen LogP contribution in [-0.4, -0.2) is 65.2 Å². The monoisotopic (exact) mass is 495 g/mol. The summed E-state index contributed by atoms with van der Waals surface area (Å²) in [5.41, 5.74) is 0.985. The van der Waals surface area contributed by atoms with Crippen LogP contribution in [0.15, 0.2) is 22.7 Å². The number of nitrogens with one attached hydrogen (secondary N) is 1. The molecule has 6 nitrogen and oxygen atoms in total. The van der Waals surface area contributed by atoms with Crippen LogP contribution >= 0.6 is 27.7 Å². The summed E-state index contributed by atoms with van der Waals surface area (Å²) in [6, 6.07) is 5.32. The first-order chi connectivity index (χ1) is 14.3. The van der Waals surface area contributed by atoms with E-state index in [9.17, 15) is 14.4 Å². The average Bonchev–Trinajstić information content (AvgIpc) is 2.72. The highest BCUT2D eigenvalue weighted by Crippen LogP contribution is 2.27. The second-order valence-corrected chi connectivity index (χ2v) is 10.5. The van der Waals surface area contributed by atoms with E-state index < -0.39 is 0 Å². The summed E-state index contributed by atoms with van der Waals surface area (Å²) in [5.74, 6) is 2.54. The van der Waals surface area contributed by atoms with E-state index in [1.165, 1.54) is 0 Å². The standard InChI is InChI=1S/C22H30BrN3O3S/c1-15-11-16(2)14-26(13-15)22(29)18-12-17(23)3-4-19(18)24-20(27)5-6-21(28)25-7-9-30-10-8-25/h3-4,12,15-16H,5-11,13-14H2,1-2H3,(H,24,27)/t15-,16+. The lowest BCUT2D eigenvalue weighted by atomic mass is 9.91. The van der Waals surface area contributed by atoms with Gasteiger partial charge in [-0.1, -0.05) is 29.8 Å². The van der Waals surface area contributed by atoms with Crippen LogP contribution in [0.3, 0.4) is 0 Å². The number of likely N-dealkylation sites (tertiary alicyclic amines) is 1. The lowest BCUT2D eigenvalue weighted by molar-refractivity contribution is -0.132. The van der Waals surface area contributed by atoms with Crippen molar-refractivity contribution in [1.82, 2.24) is 9.80 Å². The van der Waals surface area contributed by atoms with Crippen LogP contribution in [0.5, 0.6) is 0 Å². The Hall–Kier alpha value is -1.54. The zero-order valence-electron chi connectivity index (χ0n) is 17.7. The number of carbonyl (C=O) groups is 3. The number of thioether (sulfide) groups is 1. The Bertz CT molecular complexity index is 788. The molecule has 2 aliphatic rings. The molecular formula is C22H30BrN3O3S. The molecule has 8 heteroatoms. The maximum atomic E-state index is 13.2. The molecule has 0 aromatic heterocycles. The van der Waals surface area contributed by atoms with Gasteiger partial charge in [-0.3, -0.25) is 14.4 Å². The summed E-state index contributed by atoms with van der Waals surface area (Å²) in [5, 5.41) is 2.86. The molecule has 164 valence electrons. The van der Waals surface area contributed by atoms with Crippen LogP contribution in [0.2, 0.25) is 0 Å². The molecule has 2 saturated heterocycles. The first-order valence-electron chi connectivity index (χ1n) is 10.6. The van der Waals surface area contributed by atoms with Crippen molar-refractivity contribution in [2.75, 3.05) is 43.0 Å². The fourth-order valence-electron chi connectivity index (χ4n) is 4.21. The van der Waals surface area contributed by atoms with Gasteiger partial charge in [-0.15, -0.1) is 0 Å². The normalized spacial score (nSPS) is 22.0. The zero-order valence-corrected chi connectivity index (χ0v) is 20.1. The summed E-state index contributed by atoms with van der Waals surface area (Å²) in [7, 11) is 0. The van der Waals surface area contributed by atoms with Gasteiger partial charge in [0.15, 0.2) is 0 Å². The van der Waals surface area contributed by atoms with Crippen LogP contribution < -0.4 is 5.32 Å². The second kappa shape index (κ2) is 10.7. The van der Waals surface area contributed by atoms with E-state index in [0.29, 0.717) is 23.1 Å². The molecule has 0 spiro atoms. The predicted molar refractivity (Wildman–Crippen MR) is 125 cm³/mol. The number of nitrogens with zero attached hydrogens (tertiary/aromatic N) is 2. The third-order valence-corrected chi connectivity index (χ3v) is 7.01. The van der Waals surface area contributed by atoms with Crippen molar-refractivity contribution in [2.45, 2.75) is 33.1 Å². The number of benzene rings is 1. The summed E-state index contributed by atoms with van der Waals surface area (Å²) >= 11 is 5.28. The molecular weight excluding hydrogens is 466 g/mol. The minimum Gasteiger partial charge on any atom is -0.341 e. The predicted octanol–water partition coefficient (Wildman–Crippen LogP) is 3.86. The van der Waals surface area contributed by atoms with Crippen LogP contribution in [0.25, 0.3) is 0 Å². The van der Waals surface area contributed by atoms with Gasteiger partial charge >= 0.3 is 0 Å². The highest BCUT2D eigenvalue weighted by atomic mass is 79.9. The van der Waals surface area contributed by atoms with Gasteiger partial charge < -0.3 is 15.1 Å². The molecule has 0 aliphatic carbocycles. The van der Waals surface area contributed by atoms with Gasteiger partial charge in [0.25, 0.3) is 5.91 Å². The molecule has 30 heavy (non-hydrogen) atoms. The number of hydrogen-bond donors (Lipinski definition) is 1. The van der Waals surface area contributed by atoms with E-state index >= 15 is 0 Å². The molecule has 2 heterocycles. The van der Waals surface area contributed by atoms with Crippen molar-refractivity contribution in [2.24, 2.45) is 11.8 Å². The molecule has 2 aliphatic heterocycles. The number of rotatable bonds is 5. The maximum Gasteiger partial charge on any atom is 0.256 e. The van der Waals surface area contributed by atoms with Gasteiger partial charge in [-0.25, -0.2) is 0 Å². The van der Waals surface area contributed by atoms with E-state index in [2.05, 4.69) is 35.1 Å². The van der Waals surface area contributed by atoms with Crippen LogP contribution in [-0.2, 0) is 9.59 Å². The largest absolute Gasteiger partial charge is 0.341 e. The Kier molecular flexibility index (Phi) is 8.22. The molecule has 0 radical (unpaired) electrons. The smallest absolute Gasteiger partial charge is 0.256 e. The van der Waals surface area contributed by atoms with E-state index in [1.807, 2.05) is 27.6 Å². The highest BCUT2D eigenvalue weighted by Gasteiger charge is 2.28. The molecule has 0 unspecified atom stereocenters. The Labute approximate surface area is 191 Å². The summed E-state index contributed by atoms with van der Waals surface area (Å²) < 4.78 is 0.792. The topological polar surface area (TPSA) is 69.7 Å². The maximum absolute atomic E-state index is 13.2. The van der Waals surface area contributed by atoms with Gasteiger partial charge in [0.2, 0.25) is 11.8 Å². The molecule has 2 fully saturated rings. The average molecular weight is 496 g/mol. The SMILES string of the molecule is C[C@@H]1C[C@H](C)CN(C(=O)c2cc(Br)ccc2NC(=O)CCC(=O)N2CCSCC2)C1. The van der Waals surface area contributed by atoms with Gasteiger partial charge in [0, 0.05) is 55.0 Å². The molecule has 2 atom stereocenters. The van der Waals surface area contributed by atoms with E-state index in [-0.39, 0.29) is 30.6 Å². The zero-order chi connectivity index (χ0) is 21.7. The number of anilines is 1. The number of piperidine rings is 1. The molecule has 1 aromatic rings. The van der Waals surface area contributed by atoms with Crippen molar-refractivity contribution in [1.29, 1.82) is 0 Å². The first-order valence-corrected chi connectivity index (χ1v) is 12.5. The van der Waals surface area contributed by atoms with Crippen LogP contribution in [0.1, 0.15) is 43.5 Å². The summed E-state index contributed by atoms with van der Waals surface area (Å²) in [6.07, 6.45) is 1.43. The molecule has 0 saturated carbocycles. The lowest BCUT2D eigenvalue weighted by Gasteiger charge is -2.35. The van der Waals surface area contributed by atoms with Crippen LogP contribution in [0.4, 0.5) is 5.69 Å². The quantitative estimate of drug-likeness (QED) is 0.672. The second-order valence-electron chi connectivity index (χ2n) is 8.39. The van der Waals surface area contributed by atoms with Crippen LogP contribution in [0, 0.1) is 11.8 Å². The van der Waals surface area contributed by atoms with Crippen molar-refractivity contribution >= 4 is 51.1 Å². The van der Waals surface area contributed by atoms with E-state index in [0.717, 1.165) is 48.6 Å². The number of halogens is 1. The molecule has 3 amide bonds. The fraction of sp³-hybridized carbons (Fsp3) is 0.591. The summed E-state index contributed by atoms with van der Waals surface area (Å²) in [4.78, 5) is 41.8.